The minimum atomic E-state index is -0.549. The van der Waals surface area contributed by atoms with Crippen LogP contribution in [-0.2, 0) is 9.47 Å². The third-order valence-electron chi connectivity index (χ3n) is 1.17. The van der Waals surface area contributed by atoms with Gasteiger partial charge in [-0.25, -0.2) is 0 Å². The molecule has 1 unspecified atom stereocenters. The Hall–Kier alpha value is 0.170. The first-order chi connectivity index (χ1) is 4.74. The molecule has 1 atom stereocenters. The van der Waals surface area contributed by atoms with E-state index in [9.17, 15) is 0 Å². The van der Waals surface area contributed by atoms with E-state index in [2.05, 4.69) is 0 Å². The highest BCUT2D eigenvalue weighted by Crippen LogP contribution is 2.03. The predicted molar refractivity (Wildman–Crippen MR) is 39.1 cm³/mol. The zero-order valence-electron chi connectivity index (χ0n) is 6.21. The van der Waals surface area contributed by atoms with Crippen LogP contribution < -0.4 is 0 Å². The lowest BCUT2D eigenvalue weighted by atomic mass is 10.3. The number of hydrogen-bond acceptors (Lipinski definition) is 3. The van der Waals surface area contributed by atoms with Crippen molar-refractivity contribution in [2.45, 2.75) is 18.8 Å². The summed E-state index contributed by atoms with van der Waals surface area (Å²) in [6.07, 6.45) is -0.489. The molecule has 0 fully saturated rings. The molecule has 0 saturated carbocycles. The molecule has 0 bridgehead atoms. The van der Waals surface area contributed by atoms with E-state index < -0.39 is 6.10 Å². The molecule has 0 aromatic carbocycles. The van der Waals surface area contributed by atoms with Gasteiger partial charge in [0.2, 0.25) is 0 Å². The van der Waals surface area contributed by atoms with Gasteiger partial charge >= 0.3 is 0 Å². The van der Waals surface area contributed by atoms with Crippen LogP contribution >= 0.6 is 11.6 Å². The fourth-order valence-corrected chi connectivity index (χ4v) is 0.700. The van der Waals surface area contributed by atoms with Crippen LogP contribution in [0, 0.1) is 0 Å². The van der Waals surface area contributed by atoms with Crippen LogP contribution in [0.15, 0.2) is 0 Å². The molecule has 62 valence electrons. The van der Waals surface area contributed by atoms with Crippen molar-refractivity contribution in [2.75, 3.05) is 20.1 Å². The monoisotopic (exact) mass is 168 g/mol. The van der Waals surface area contributed by atoms with E-state index >= 15 is 0 Å². The number of halogens is 1. The normalized spacial score (nSPS) is 14.1. The molecular weight excluding hydrogens is 156 g/mol. The van der Waals surface area contributed by atoms with Crippen molar-refractivity contribution < 1.29 is 14.6 Å². The van der Waals surface area contributed by atoms with Crippen molar-refractivity contribution in [3.63, 3.8) is 0 Å². The summed E-state index contributed by atoms with van der Waals surface area (Å²) in [7, 11) is 3.05. The molecule has 0 saturated heterocycles. The third kappa shape index (κ3) is 4.06. The van der Waals surface area contributed by atoms with Gasteiger partial charge in [-0.1, -0.05) is 0 Å². The molecule has 0 aliphatic rings. The Kier molecular flexibility index (Phi) is 6.02. The first-order valence-corrected chi connectivity index (χ1v) is 3.57. The second-order valence-corrected chi connectivity index (χ2v) is 2.25. The van der Waals surface area contributed by atoms with Crippen LogP contribution in [0.2, 0.25) is 0 Å². The Balaban J connectivity index is 3.41. The Labute approximate surface area is 65.9 Å². The van der Waals surface area contributed by atoms with E-state index in [0.29, 0.717) is 6.42 Å². The van der Waals surface area contributed by atoms with Gasteiger partial charge in [0, 0.05) is 26.5 Å². The number of hydrogen-bond donors (Lipinski definition) is 1. The van der Waals surface area contributed by atoms with E-state index in [0.717, 1.165) is 0 Å². The van der Waals surface area contributed by atoms with E-state index in [1.807, 2.05) is 0 Å². The summed E-state index contributed by atoms with van der Waals surface area (Å²) in [5.74, 6) is 0.212. The van der Waals surface area contributed by atoms with Crippen molar-refractivity contribution in [3.8, 4) is 0 Å². The van der Waals surface area contributed by atoms with Crippen molar-refractivity contribution in [1.82, 2.24) is 0 Å². The third-order valence-corrected chi connectivity index (χ3v) is 1.52. The van der Waals surface area contributed by atoms with Crippen LogP contribution in [0.5, 0.6) is 0 Å². The molecule has 0 rings (SSSR count). The number of aliphatic hydroxyl groups excluding tert-OH is 1. The molecule has 10 heavy (non-hydrogen) atoms. The lowest BCUT2D eigenvalue weighted by Crippen LogP contribution is -2.22. The largest absolute Gasteiger partial charge is 0.392 e. The van der Waals surface area contributed by atoms with Gasteiger partial charge in [0.25, 0.3) is 0 Å². The van der Waals surface area contributed by atoms with E-state index in [-0.39, 0.29) is 12.2 Å². The summed E-state index contributed by atoms with van der Waals surface area (Å²) < 4.78 is 9.66. The molecule has 0 amide bonds. The number of ether oxygens (including phenoxy) is 2. The molecule has 0 aliphatic carbocycles. The molecule has 0 radical (unpaired) electrons. The summed E-state index contributed by atoms with van der Waals surface area (Å²) in [4.78, 5) is 0. The number of aliphatic hydroxyl groups is 1. The van der Waals surface area contributed by atoms with Gasteiger partial charge in [-0.15, -0.1) is 11.6 Å². The van der Waals surface area contributed by atoms with Crippen LogP contribution in [0.3, 0.4) is 0 Å². The first kappa shape index (κ1) is 10.2. The van der Waals surface area contributed by atoms with E-state index in [1.165, 1.54) is 14.2 Å². The van der Waals surface area contributed by atoms with E-state index in [4.69, 9.17) is 26.2 Å². The summed E-state index contributed by atoms with van der Waals surface area (Å²) in [5, 5.41) is 9.00. The molecule has 0 aliphatic heterocycles. The topological polar surface area (TPSA) is 38.7 Å². The van der Waals surface area contributed by atoms with Crippen LogP contribution in [0.1, 0.15) is 6.42 Å². The highest BCUT2D eigenvalue weighted by molar-refractivity contribution is 6.18. The minimum Gasteiger partial charge on any atom is -0.392 e. The maximum Gasteiger partial charge on any atom is 0.159 e. The van der Waals surface area contributed by atoms with Crippen molar-refractivity contribution in [2.24, 2.45) is 0 Å². The summed E-state index contributed by atoms with van der Waals surface area (Å²) in [6.45, 7) is 0. The van der Waals surface area contributed by atoms with Crippen molar-refractivity contribution in [3.05, 3.63) is 0 Å². The molecule has 0 spiro atoms. The maximum atomic E-state index is 9.00. The highest BCUT2D eigenvalue weighted by Gasteiger charge is 2.11. The fourth-order valence-electron chi connectivity index (χ4n) is 0.574. The second kappa shape index (κ2) is 5.92. The lowest BCUT2D eigenvalue weighted by Gasteiger charge is -2.15. The molecule has 0 aromatic heterocycles. The average Bonchev–Trinajstić information content (AvgIpc) is 1.99. The van der Waals surface area contributed by atoms with Gasteiger partial charge in [0.05, 0.1) is 6.10 Å². The smallest absolute Gasteiger partial charge is 0.159 e. The van der Waals surface area contributed by atoms with Crippen molar-refractivity contribution in [1.29, 1.82) is 0 Å². The number of rotatable bonds is 5. The number of methoxy groups -OCH3 is 2. The maximum absolute atomic E-state index is 9.00. The highest BCUT2D eigenvalue weighted by atomic mass is 35.5. The van der Waals surface area contributed by atoms with Gasteiger partial charge in [0.15, 0.2) is 6.29 Å². The van der Waals surface area contributed by atoms with Crippen LogP contribution in [-0.4, -0.2) is 37.6 Å². The zero-order valence-corrected chi connectivity index (χ0v) is 6.97. The number of alkyl halides is 1. The van der Waals surface area contributed by atoms with Crippen LogP contribution in [0.25, 0.3) is 0 Å². The summed E-state index contributed by atoms with van der Waals surface area (Å²) in [5.41, 5.74) is 0. The minimum absolute atomic E-state index is 0.212. The quantitative estimate of drug-likeness (QED) is 0.483. The predicted octanol–water partition coefficient (Wildman–Crippen LogP) is 0.595. The fraction of sp³-hybridized carbons (Fsp3) is 1.00. The van der Waals surface area contributed by atoms with Crippen LogP contribution in [0.4, 0.5) is 0 Å². The Morgan fingerprint density at radius 3 is 2.20 bits per heavy atom. The second-order valence-electron chi connectivity index (χ2n) is 1.94. The Morgan fingerprint density at radius 1 is 1.40 bits per heavy atom. The van der Waals surface area contributed by atoms with Gasteiger partial charge in [-0.05, 0) is 0 Å². The molecule has 3 nitrogen and oxygen atoms in total. The lowest BCUT2D eigenvalue weighted by molar-refractivity contribution is -0.120. The molecular formula is C6H13ClO3. The molecule has 0 heterocycles. The summed E-state index contributed by atoms with van der Waals surface area (Å²) >= 11 is 5.35. The van der Waals surface area contributed by atoms with E-state index in [1.54, 1.807) is 0 Å². The van der Waals surface area contributed by atoms with Gasteiger partial charge < -0.3 is 14.6 Å². The molecule has 1 N–H and O–H groups in total. The van der Waals surface area contributed by atoms with Gasteiger partial charge in [-0.2, -0.15) is 0 Å². The Bertz CT molecular complexity index is 75.4. The molecule has 4 heteroatoms. The SMILES string of the molecule is COC(CC(O)CCl)OC. The van der Waals surface area contributed by atoms with Crippen molar-refractivity contribution >= 4 is 11.6 Å². The van der Waals surface area contributed by atoms with Gasteiger partial charge in [0.1, 0.15) is 0 Å². The summed E-state index contributed by atoms with van der Waals surface area (Å²) in [6, 6.07) is 0. The first-order valence-electron chi connectivity index (χ1n) is 3.04. The van der Waals surface area contributed by atoms with Gasteiger partial charge in [-0.3, -0.25) is 0 Å². The molecule has 0 aromatic rings. The zero-order chi connectivity index (χ0) is 7.98. The Morgan fingerprint density at radius 2 is 1.90 bits per heavy atom. The average molecular weight is 169 g/mol. The standard InChI is InChI=1S/C6H13ClO3/c1-9-6(10-2)3-5(8)4-7/h5-6,8H,3-4H2,1-2H3.